The zero-order chi connectivity index (χ0) is 20.8. The van der Waals surface area contributed by atoms with Gasteiger partial charge in [0, 0.05) is 38.8 Å². The summed E-state index contributed by atoms with van der Waals surface area (Å²) >= 11 is 0. The van der Waals surface area contributed by atoms with E-state index in [1.807, 2.05) is 18.2 Å². The standard InChI is InChI=1S/C21H24N4O4/c1-13-10-17(29-23-13)20(28)25-11-16(19(27)24(2)3)21(12-25)9-8-14-6-4-5-7-15(14)18(26)22-21/h4-7,10,16H,8-9,11-12H2,1-3H3,(H,22,26)/t16-,21+/m1/s1. The van der Waals surface area contributed by atoms with Gasteiger partial charge in [0.15, 0.2) is 0 Å². The molecule has 1 fully saturated rings. The highest BCUT2D eigenvalue weighted by Crippen LogP contribution is 2.36. The van der Waals surface area contributed by atoms with Crippen molar-refractivity contribution in [1.29, 1.82) is 0 Å². The molecule has 2 aromatic rings. The highest BCUT2D eigenvalue weighted by atomic mass is 16.5. The maximum absolute atomic E-state index is 13.0. The lowest BCUT2D eigenvalue weighted by Gasteiger charge is -2.34. The summed E-state index contributed by atoms with van der Waals surface area (Å²) in [5, 5.41) is 6.89. The first-order valence-corrected chi connectivity index (χ1v) is 9.65. The third kappa shape index (κ3) is 3.28. The van der Waals surface area contributed by atoms with E-state index in [9.17, 15) is 14.4 Å². The second-order valence-electron chi connectivity index (χ2n) is 8.07. The predicted molar refractivity (Wildman–Crippen MR) is 104 cm³/mol. The van der Waals surface area contributed by atoms with Crippen LogP contribution in [0.2, 0.25) is 0 Å². The van der Waals surface area contributed by atoms with Gasteiger partial charge in [0.05, 0.1) is 17.2 Å². The van der Waals surface area contributed by atoms with E-state index < -0.39 is 11.5 Å². The number of benzene rings is 1. The van der Waals surface area contributed by atoms with Gasteiger partial charge < -0.3 is 19.6 Å². The predicted octanol–water partition coefficient (Wildman–Crippen LogP) is 1.26. The summed E-state index contributed by atoms with van der Waals surface area (Å²) < 4.78 is 5.13. The Hall–Kier alpha value is -3.16. The number of aryl methyl sites for hydroxylation is 2. The molecule has 8 nitrogen and oxygen atoms in total. The minimum absolute atomic E-state index is 0.111. The van der Waals surface area contributed by atoms with E-state index in [1.54, 1.807) is 38.1 Å². The first kappa shape index (κ1) is 19.2. The van der Waals surface area contributed by atoms with Crippen LogP contribution >= 0.6 is 0 Å². The summed E-state index contributed by atoms with van der Waals surface area (Å²) in [5.74, 6) is -1.04. The molecule has 1 aromatic carbocycles. The van der Waals surface area contributed by atoms with Crippen molar-refractivity contribution in [2.75, 3.05) is 27.2 Å². The van der Waals surface area contributed by atoms with Crippen LogP contribution in [-0.2, 0) is 11.2 Å². The maximum atomic E-state index is 13.0. The highest BCUT2D eigenvalue weighted by molar-refractivity contribution is 5.98. The van der Waals surface area contributed by atoms with Gasteiger partial charge in [0.1, 0.15) is 0 Å². The largest absolute Gasteiger partial charge is 0.351 e. The van der Waals surface area contributed by atoms with Crippen molar-refractivity contribution in [1.82, 2.24) is 20.3 Å². The molecule has 2 aliphatic heterocycles. The van der Waals surface area contributed by atoms with E-state index in [1.165, 1.54) is 4.90 Å². The van der Waals surface area contributed by atoms with Crippen LogP contribution in [0.1, 0.15) is 38.6 Å². The molecule has 2 atom stereocenters. The Balaban J connectivity index is 1.69. The minimum atomic E-state index is -0.831. The van der Waals surface area contributed by atoms with E-state index in [0.717, 1.165) is 5.56 Å². The van der Waals surface area contributed by atoms with Crippen LogP contribution in [0.25, 0.3) is 0 Å². The Kier molecular flexibility index (Phi) is 4.64. The molecule has 0 radical (unpaired) electrons. The number of nitrogens with one attached hydrogen (secondary N) is 1. The zero-order valence-electron chi connectivity index (χ0n) is 16.8. The van der Waals surface area contributed by atoms with E-state index in [0.29, 0.717) is 24.1 Å². The molecule has 152 valence electrons. The number of amides is 3. The topological polar surface area (TPSA) is 95.8 Å². The van der Waals surface area contributed by atoms with Crippen LogP contribution in [-0.4, -0.2) is 65.4 Å². The Labute approximate surface area is 168 Å². The molecule has 1 saturated heterocycles. The van der Waals surface area contributed by atoms with Crippen LogP contribution in [0.5, 0.6) is 0 Å². The molecule has 2 aliphatic rings. The number of nitrogens with zero attached hydrogens (tertiary/aromatic N) is 3. The summed E-state index contributed by atoms with van der Waals surface area (Å²) in [6.45, 7) is 2.20. The maximum Gasteiger partial charge on any atom is 0.292 e. The monoisotopic (exact) mass is 396 g/mol. The van der Waals surface area contributed by atoms with Crippen molar-refractivity contribution in [2.24, 2.45) is 5.92 Å². The van der Waals surface area contributed by atoms with Gasteiger partial charge in [0.2, 0.25) is 11.7 Å². The second-order valence-corrected chi connectivity index (χ2v) is 8.07. The zero-order valence-corrected chi connectivity index (χ0v) is 16.8. The minimum Gasteiger partial charge on any atom is -0.351 e. The fourth-order valence-electron chi connectivity index (χ4n) is 4.36. The average molecular weight is 396 g/mol. The number of fused-ring (bicyclic) bond motifs is 1. The number of aromatic nitrogens is 1. The molecular weight excluding hydrogens is 372 g/mol. The molecule has 0 aliphatic carbocycles. The third-order valence-electron chi connectivity index (χ3n) is 5.87. The molecule has 29 heavy (non-hydrogen) atoms. The van der Waals surface area contributed by atoms with Crippen LogP contribution < -0.4 is 5.32 Å². The Morgan fingerprint density at radius 2 is 2.07 bits per heavy atom. The first-order valence-electron chi connectivity index (χ1n) is 9.65. The van der Waals surface area contributed by atoms with E-state index >= 15 is 0 Å². The summed E-state index contributed by atoms with van der Waals surface area (Å²) in [7, 11) is 3.38. The number of carbonyl (C=O) groups is 3. The Morgan fingerprint density at radius 3 is 2.76 bits per heavy atom. The second kappa shape index (κ2) is 7.02. The van der Waals surface area contributed by atoms with Crippen LogP contribution in [0, 0.1) is 12.8 Å². The lowest BCUT2D eigenvalue weighted by Crippen LogP contribution is -2.57. The summed E-state index contributed by atoms with van der Waals surface area (Å²) in [6.07, 6.45) is 1.22. The number of hydrogen-bond acceptors (Lipinski definition) is 5. The van der Waals surface area contributed by atoms with E-state index in [2.05, 4.69) is 10.5 Å². The van der Waals surface area contributed by atoms with Gasteiger partial charge in [-0.2, -0.15) is 0 Å². The number of likely N-dealkylation sites (tertiary alicyclic amines) is 1. The molecule has 4 rings (SSSR count). The molecule has 3 amide bonds. The fraction of sp³-hybridized carbons (Fsp3) is 0.429. The van der Waals surface area contributed by atoms with Gasteiger partial charge in [0.25, 0.3) is 11.8 Å². The summed E-state index contributed by atoms with van der Waals surface area (Å²) in [4.78, 5) is 42.1. The molecule has 1 spiro atoms. The summed E-state index contributed by atoms with van der Waals surface area (Å²) in [5.41, 5.74) is 1.35. The highest BCUT2D eigenvalue weighted by Gasteiger charge is 2.53. The molecule has 0 bridgehead atoms. The lowest BCUT2D eigenvalue weighted by atomic mass is 9.81. The first-order chi connectivity index (χ1) is 13.8. The average Bonchev–Trinajstić information content (AvgIpc) is 3.25. The molecule has 8 heteroatoms. The SMILES string of the molecule is Cc1cc(C(=O)N2C[C@H](C(=O)N(C)C)[C@]3(CCc4ccccc4C(=O)N3)C2)on1. The smallest absolute Gasteiger partial charge is 0.292 e. The van der Waals surface area contributed by atoms with Gasteiger partial charge in [-0.3, -0.25) is 14.4 Å². The normalized spacial score (nSPS) is 23.5. The number of rotatable bonds is 2. The fourth-order valence-corrected chi connectivity index (χ4v) is 4.36. The van der Waals surface area contributed by atoms with Crippen molar-refractivity contribution in [3.63, 3.8) is 0 Å². The van der Waals surface area contributed by atoms with Crippen molar-refractivity contribution < 1.29 is 18.9 Å². The van der Waals surface area contributed by atoms with Gasteiger partial charge in [-0.05, 0) is 31.4 Å². The van der Waals surface area contributed by atoms with Crippen molar-refractivity contribution in [3.05, 3.63) is 52.9 Å². The van der Waals surface area contributed by atoms with Crippen LogP contribution in [0.15, 0.2) is 34.9 Å². The molecule has 0 saturated carbocycles. The quantitative estimate of drug-likeness (QED) is 0.825. The van der Waals surface area contributed by atoms with Gasteiger partial charge >= 0.3 is 0 Å². The van der Waals surface area contributed by atoms with Gasteiger partial charge in [-0.1, -0.05) is 23.4 Å². The van der Waals surface area contributed by atoms with Crippen molar-refractivity contribution >= 4 is 17.7 Å². The van der Waals surface area contributed by atoms with Crippen molar-refractivity contribution in [2.45, 2.75) is 25.3 Å². The van der Waals surface area contributed by atoms with E-state index in [-0.39, 0.29) is 36.6 Å². The molecular formula is C21H24N4O4. The molecule has 1 aromatic heterocycles. The van der Waals surface area contributed by atoms with Crippen LogP contribution in [0.3, 0.4) is 0 Å². The lowest BCUT2D eigenvalue weighted by molar-refractivity contribution is -0.134. The van der Waals surface area contributed by atoms with Crippen molar-refractivity contribution in [3.8, 4) is 0 Å². The number of carbonyl (C=O) groups excluding carboxylic acids is 3. The number of hydrogen-bond donors (Lipinski definition) is 1. The van der Waals surface area contributed by atoms with E-state index in [4.69, 9.17) is 4.52 Å². The molecule has 3 heterocycles. The molecule has 0 unspecified atom stereocenters. The Morgan fingerprint density at radius 1 is 1.31 bits per heavy atom. The van der Waals surface area contributed by atoms with Crippen LogP contribution in [0.4, 0.5) is 0 Å². The Bertz CT molecular complexity index is 983. The summed E-state index contributed by atoms with van der Waals surface area (Å²) in [6, 6.07) is 9.05. The van der Waals surface area contributed by atoms with Gasteiger partial charge in [-0.15, -0.1) is 0 Å². The molecule has 1 N–H and O–H groups in total. The third-order valence-corrected chi connectivity index (χ3v) is 5.87. The van der Waals surface area contributed by atoms with Gasteiger partial charge in [-0.25, -0.2) is 0 Å².